The second-order valence-corrected chi connectivity index (χ2v) is 3.20. The third-order valence-corrected chi connectivity index (χ3v) is 1.89. The molecular formula is C11H17NO2. The number of carbonyl (C=O) groups is 1. The normalized spacial score (nSPS) is 9.86. The summed E-state index contributed by atoms with van der Waals surface area (Å²) in [6.07, 6.45) is 0. The highest BCUT2D eigenvalue weighted by molar-refractivity contribution is 5.77. The van der Waals surface area contributed by atoms with Crippen LogP contribution in [-0.2, 0) is 16.1 Å². The van der Waals surface area contributed by atoms with Crippen LogP contribution in [0, 0.1) is 6.92 Å². The molecule has 0 spiro atoms. The first kappa shape index (κ1) is 10.7. The molecule has 3 heteroatoms. The molecule has 78 valence electrons. The molecule has 0 aromatic heterocycles. The summed E-state index contributed by atoms with van der Waals surface area (Å²) >= 11 is 0. The zero-order valence-electron chi connectivity index (χ0n) is 8.54. The highest BCUT2D eigenvalue weighted by Gasteiger charge is 1.98. The number of hydrogen-bond acceptors (Lipinski definition) is 2. The number of benzene rings is 1. The SMILES string of the molecule is COCC(=O)NCc1ccc(C)cc1.[HH]. The van der Waals surface area contributed by atoms with Gasteiger partial charge >= 0.3 is 0 Å². The zero-order valence-corrected chi connectivity index (χ0v) is 8.54. The van der Waals surface area contributed by atoms with Gasteiger partial charge in [0, 0.05) is 15.1 Å². The van der Waals surface area contributed by atoms with Crippen LogP contribution in [0.3, 0.4) is 0 Å². The lowest BCUT2D eigenvalue weighted by Crippen LogP contribution is -2.26. The fourth-order valence-electron chi connectivity index (χ4n) is 1.09. The van der Waals surface area contributed by atoms with Crippen molar-refractivity contribution in [1.82, 2.24) is 5.32 Å². The number of carbonyl (C=O) groups excluding carboxylic acids is 1. The Morgan fingerprint density at radius 2 is 2.07 bits per heavy atom. The van der Waals surface area contributed by atoms with Crippen molar-refractivity contribution >= 4 is 5.91 Å². The van der Waals surface area contributed by atoms with Crippen LogP contribution < -0.4 is 5.32 Å². The molecule has 0 unspecified atom stereocenters. The van der Waals surface area contributed by atoms with E-state index >= 15 is 0 Å². The lowest BCUT2D eigenvalue weighted by atomic mass is 10.1. The molecule has 0 aliphatic heterocycles. The van der Waals surface area contributed by atoms with Crippen LogP contribution in [0.4, 0.5) is 0 Å². The fourth-order valence-corrected chi connectivity index (χ4v) is 1.09. The van der Waals surface area contributed by atoms with Gasteiger partial charge < -0.3 is 10.1 Å². The van der Waals surface area contributed by atoms with E-state index < -0.39 is 0 Å². The molecule has 1 N–H and O–H groups in total. The zero-order chi connectivity index (χ0) is 10.4. The molecule has 0 fully saturated rings. The predicted molar refractivity (Wildman–Crippen MR) is 57.0 cm³/mol. The fraction of sp³-hybridized carbons (Fsp3) is 0.364. The highest BCUT2D eigenvalue weighted by Crippen LogP contribution is 2.02. The number of amides is 1. The molecule has 0 aliphatic rings. The van der Waals surface area contributed by atoms with E-state index in [1.165, 1.54) is 12.7 Å². The van der Waals surface area contributed by atoms with Crippen molar-refractivity contribution in [1.29, 1.82) is 0 Å². The van der Waals surface area contributed by atoms with Crippen molar-refractivity contribution in [3.05, 3.63) is 35.4 Å². The third-order valence-electron chi connectivity index (χ3n) is 1.89. The Morgan fingerprint density at radius 3 is 2.64 bits per heavy atom. The molecule has 14 heavy (non-hydrogen) atoms. The van der Waals surface area contributed by atoms with Gasteiger partial charge in [0.25, 0.3) is 0 Å². The topological polar surface area (TPSA) is 38.3 Å². The smallest absolute Gasteiger partial charge is 0.246 e. The molecule has 1 aromatic rings. The molecule has 1 aromatic carbocycles. The molecule has 3 nitrogen and oxygen atoms in total. The molecule has 0 radical (unpaired) electrons. The molecule has 0 aliphatic carbocycles. The van der Waals surface area contributed by atoms with Crippen LogP contribution in [0.2, 0.25) is 0 Å². The van der Waals surface area contributed by atoms with Gasteiger partial charge in [-0.25, -0.2) is 0 Å². The number of methoxy groups -OCH3 is 1. The van der Waals surface area contributed by atoms with Crippen molar-refractivity contribution in [2.45, 2.75) is 13.5 Å². The molecule has 0 saturated carbocycles. The van der Waals surface area contributed by atoms with E-state index in [9.17, 15) is 4.79 Å². The van der Waals surface area contributed by atoms with Crippen molar-refractivity contribution in [3.63, 3.8) is 0 Å². The highest BCUT2D eigenvalue weighted by atomic mass is 16.5. The lowest BCUT2D eigenvalue weighted by Gasteiger charge is -2.04. The second-order valence-electron chi connectivity index (χ2n) is 3.20. The van der Waals surface area contributed by atoms with Crippen LogP contribution in [0.1, 0.15) is 12.6 Å². The Balaban J connectivity index is 0.00000196. The largest absolute Gasteiger partial charge is 0.375 e. The van der Waals surface area contributed by atoms with Gasteiger partial charge in [-0.1, -0.05) is 29.8 Å². The van der Waals surface area contributed by atoms with E-state index in [0.29, 0.717) is 6.54 Å². The number of hydrogen-bond donors (Lipinski definition) is 1. The van der Waals surface area contributed by atoms with E-state index in [1.54, 1.807) is 0 Å². The molecule has 0 bridgehead atoms. The Morgan fingerprint density at radius 1 is 1.43 bits per heavy atom. The maximum absolute atomic E-state index is 11.0. The van der Waals surface area contributed by atoms with Gasteiger partial charge in [-0.2, -0.15) is 0 Å². The van der Waals surface area contributed by atoms with Crippen LogP contribution >= 0.6 is 0 Å². The van der Waals surface area contributed by atoms with Gasteiger partial charge in [-0.05, 0) is 12.5 Å². The van der Waals surface area contributed by atoms with E-state index in [1.807, 2.05) is 31.2 Å². The van der Waals surface area contributed by atoms with Crippen molar-refractivity contribution < 1.29 is 11.0 Å². The summed E-state index contributed by atoms with van der Waals surface area (Å²) in [4.78, 5) is 11.0. The average Bonchev–Trinajstić information content (AvgIpc) is 2.17. The summed E-state index contributed by atoms with van der Waals surface area (Å²) in [6.45, 7) is 2.71. The Hall–Kier alpha value is -1.35. The van der Waals surface area contributed by atoms with E-state index in [0.717, 1.165) is 5.56 Å². The number of rotatable bonds is 4. The van der Waals surface area contributed by atoms with Crippen molar-refractivity contribution in [2.75, 3.05) is 13.7 Å². The van der Waals surface area contributed by atoms with Crippen molar-refractivity contribution in [3.8, 4) is 0 Å². The van der Waals surface area contributed by atoms with Crippen molar-refractivity contribution in [2.24, 2.45) is 0 Å². The second kappa shape index (κ2) is 5.40. The van der Waals surface area contributed by atoms with Gasteiger partial charge in [0.15, 0.2) is 0 Å². The Labute approximate surface area is 85.6 Å². The van der Waals surface area contributed by atoms with Crippen LogP contribution in [0.25, 0.3) is 0 Å². The van der Waals surface area contributed by atoms with E-state index in [2.05, 4.69) is 5.32 Å². The van der Waals surface area contributed by atoms with Gasteiger partial charge in [-0.15, -0.1) is 0 Å². The molecular weight excluding hydrogens is 178 g/mol. The van der Waals surface area contributed by atoms with E-state index in [4.69, 9.17) is 4.74 Å². The van der Waals surface area contributed by atoms with Gasteiger partial charge in [-0.3, -0.25) is 4.79 Å². The summed E-state index contributed by atoms with van der Waals surface area (Å²) in [7, 11) is 1.51. The van der Waals surface area contributed by atoms with Gasteiger partial charge in [0.2, 0.25) is 5.91 Å². The minimum atomic E-state index is -0.0897. The first-order valence-corrected chi connectivity index (χ1v) is 4.53. The van der Waals surface area contributed by atoms with Crippen LogP contribution in [0.15, 0.2) is 24.3 Å². The van der Waals surface area contributed by atoms with Gasteiger partial charge in [0.05, 0.1) is 0 Å². The number of ether oxygens (including phenoxy) is 1. The predicted octanol–water partition coefficient (Wildman–Crippen LogP) is 1.50. The monoisotopic (exact) mass is 195 g/mol. The average molecular weight is 195 g/mol. The Bertz CT molecular complexity index is 298. The first-order valence-electron chi connectivity index (χ1n) is 4.53. The maximum Gasteiger partial charge on any atom is 0.246 e. The molecule has 0 atom stereocenters. The summed E-state index contributed by atoms with van der Waals surface area (Å²) in [5.41, 5.74) is 2.32. The number of aryl methyl sites for hydroxylation is 1. The lowest BCUT2D eigenvalue weighted by molar-refractivity contribution is -0.124. The molecule has 0 saturated heterocycles. The van der Waals surface area contributed by atoms with Crippen LogP contribution in [0.5, 0.6) is 0 Å². The van der Waals surface area contributed by atoms with E-state index in [-0.39, 0.29) is 13.9 Å². The summed E-state index contributed by atoms with van der Waals surface area (Å²) in [5, 5.41) is 2.76. The molecule has 1 amide bonds. The minimum absolute atomic E-state index is 0. The van der Waals surface area contributed by atoms with Gasteiger partial charge in [0.1, 0.15) is 6.61 Å². The quantitative estimate of drug-likeness (QED) is 0.790. The summed E-state index contributed by atoms with van der Waals surface area (Å²) < 4.78 is 4.70. The minimum Gasteiger partial charge on any atom is -0.375 e. The Kier molecular flexibility index (Phi) is 4.13. The summed E-state index contributed by atoms with van der Waals surface area (Å²) in [5.74, 6) is -0.0897. The molecule has 0 heterocycles. The summed E-state index contributed by atoms with van der Waals surface area (Å²) in [6, 6.07) is 8.06. The number of nitrogens with one attached hydrogen (secondary N) is 1. The first-order chi connectivity index (χ1) is 6.72. The van der Waals surface area contributed by atoms with Crippen LogP contribution in [-0.4, -0.2) is 19.6 Å². The molecule has 1 rings (SSSR count). The third kappa shape index (κ3) is 3.58. The maximum atomic E-state index is 11.0. The standard InChI is InChI=1S/C11H15NO2.H2/c1-9-3-5-10(6-4-9)7-12-11(13)8-14-2;/h3-6H,7-8H2,1-2H3,(H,12,13);1H.